The average Bonchev–Trinajstić information content (AvgIpc) is 2.80. The predicted molar refractivity (Wildman–Crippen MR) is 90.4 cm³/mol. The summed E-state index contributed by atoms with van der Waals surface area (Å²) in [6.07, 6.45) is 0. The molecule has 21 heavy (non-hydrogen) atoms. The maximum atomic E-state index is 6.34. The number of fused-ring (bicyclic) bond motifs is 1. The third-order valence-electron chi connectivity index (χ3n) is 3.17. The SMILES string of the molecule is CC(Cl)c1nc2ccc(Cl)cc2n1-c1cccc(Cl)c1Cl. The Labute approximate surface area is 142 Å². The second-order valence-electron chi connectivity index (χ2n) is 4.63. The molecule has 2 aromatic carbocycles. The standard InChI is InChI=1S/C15H10Cl4N2/c1-8(16)15-20-11-6-5-9(17)7-13(11)21(15)12-4-2-3-10(18)14(12)19/h2-8H,1H3. The molecule has 0 amide bonds. The van der Waals surface area contributed by atoms with Gasteiger partial charge in [-0.1, -0.05) is 40.9 Å². The molecule has 3 aromatic rings. The molecule has 6 heteroatoms. The molecular weight excluding hydrogens is 350 g/mol. The van der Waals surface area contributed by atoms with E-state index in [0.717, 1.165) is 16.7 Å². The molecular formula is C15H10Cl4N2. The molecule has 2 nitrogen and oxygen atoms in total. The van der Waals surface area contributed by atoms with Gasteiger partial charge in [0.05, 0.1) is 32.1 Å². The molecule has 1 unspecified atom stereocenters. The minimum atomic E-state index is -0.286. The lowest BCUT2D eigenvalue weighted by molar-refractivity contribution is 0.883. The van der Waals surface area contributed by atoms with Crippen LogP contribution < -0.4 is 0 Å². The molecule has 0 aliphatic carbocycles. The highest BCUT2D eigenvalue weighted by molar-refractivity contribution is 6.43. The van der Waals surface area contributed by atoms with Crippen LogP contribution in [-0.2, 0) is 0 Å². The molecule has 108 valence electrons. The first-order valence-electron chi connectivity index (χ1n) is 6.25. The normalized spacial score (nSPS) is 12.8. The quantitative estimate of drug-likeness (QED) is 0.492. The third kappa shape index (κ3) is 2.62. The first kappa shape index (κ1) is 15.0. The van der Waals surface area contributed by atoms with Crippen molar-refractivity contribution in [1.82, 2.24) is 9.55 Å². The van der Waals surface area contributed by atoms with Crippen molar-refractivity contribution in [3.8, 4) is 5.69 Å². The number of hydrogen-bond acceptors (Lipinski definition) is 1. The first-order valence-corrected chi connectivity index (χ1v) is 7.82. The van der Waals surface area contributed by atoms with E-state index in [2.05, 4.69) is 4.98 Å². The van der Waals surface area contributed by atoms with Crippen LogP contribution in [0.4, 0.5) is 0 Å². The van der Waals surface area contributed by atoms with Crippen LogP contribution in [0.15, 0.2) is 36.4 Å². The van der Waals surface area contributed by atoms with Crippen molar-refractivity contribution in [2.75, 3.05) is 0 Å². The average molecular weight is 360 g/mol. The van der Waals surface area contributed by atoms with E-state index < -0.39 is 0 Å². The fourth-order valence-electron chi connectivity index (χ4n) is 2.25. The summed E-state index contributed by atoms with van der Waals surface area (Å²) in [5.41, 5.74) is 2.38. The topological polar surface area (TPSA) is 17.8 Å². The lowest BCUT2D eigenvalue weighted by Crippen LogP contribution is -2.02. The van der Waals surface area contributed by atoms with Crippen molar-refractivity contribution in [3.63, 3.8) is 0 Å². The van der Waals surface area contributed by atoms with E-state index in [4.69, 9.17) is 46.4 Å². The summed E-state index contributed by atoms with van der Waals surface area (Å²) in [4.78, 5) is 4.57. The van der Waals surface area contributed by atoms with E-state index in [9.17, 15) is 0 Å². The maximum Gasteiger partial charge on any atom is 0.132 e. The third-order valence-corrected chi connectivity index (χ3v) is 4.41. The van der Waals surface area contributed by atoms with Crippen molar-refractivity contribution >= 4 is 57.4 Å². The highest BCUT2D eigenvalue weighted by Gasteiger charge is 2.19. The minimum absolute atomic E-state index is 0.286. The summed E-state index contributed by atoms with van der Waals surface area (Å²) >= 11 is 24.8. The smallest absolute Gasteiger partial charge is 0.132 e. The van der Waals surface area contributed by atoms with Gasteiger partial charge >= 0.3 is 0 Å². The summed E-state index contributed by atoms with van der Waals surface area (Å²) in [6.45, 7) is 1.86. The zero-order valence-corrected chi connectivity index (χ0v) is 14.0. The van der Waals surface area contributed by atoms with Gasteiger partial charge in [-0.05, 0) is 37.3 Å². The largest absolute Gasteiger partial charge is 0.293 e. The van der Waals surface area contributed by atoms with Crippen LogP contribution in [-0.4, -0.2) is 9.55 Å². The van der Waals surface area contributed by atoms with Gasteiger partial charge in [0.25, 0.3) is 0 Å². The van der Waals surface area contributed by atoms with E-state index in [-0.39, 0.29) is 5.38 Å². The van der Waals surface area contributed by atoms with Crippen LogP contribution in [0.2, 0.25) is 15.1 Å². The number of nitrogens with zero attached hydrogens (tertiary/aromatic N) is 2. The Hall–Kier alpha value is -0.930. The summed E-state index contributed by atoms with van der Waals surface area (Å²) in [7, 11) is 0. The van der Waals surface area contributed by atoms with Gasteiger partial charge in [0.2, 0.25) is 0 Å². The Morgan fingerprint density at radius 2 is 1.86 bits per heavy atom. The fourth-order valence-corrected chi connectivity index (χ4v) is 2.94. The molecule has 1 aromatic heterocycles. The molecule has 0 spiro atoms. The zero-order valence-electron chi connectivity index (χ0n) is 10.9. The number of rotatable bonds is 2. The van der Waals surface area contributed by atoms with Crippen molar-refractivity contribution in [2.24, 2.45) is 0 Å². The monoisotopic (exact) mass is 358 g/mol. The van der Waals surface area contributed by atoms with Gasteiger partial charge in [-0.3, -0.25) is 4.57 Å². The molecule has 0 saturated carbocycles. The second-order valence-corrected chi connectivity index (χ2v) is 6.50. The Morgan fingerprint density at radius 1 is 1.10 bits per heavy atom. The van der Waals surface area contributed by atoms with Gasteiger partial charge in [0.15, 0.2) is 0 Å². The van der Waals surface area contributed by atoms with Crippen LogP contribution in [0.3, 0.4) is 0 Å². The van der Waals surface area contributed by atoms with Gasteiger partial charge in [-0.25, -0.2) is 4.98 Å². The number of benzene rings is 2. The molecule has 0 radical (unpaired) electrons. The zero-order chi connectivity index (χ0) is 15.1. The fraction of sp³-hybridized carbons (Fsp3) is 0.133. The summed E-state index contributed by atoms with van der Waals surface area (Å²) in [5.74, 6) is 0.693. The molecule has 0 bridgehead atoms. The van der Waals surface area contributed by atoms with Gasteiger partial charge in [0.1, 0.15) is 5.82 Å². The highest BCUT2D eigenvalue weighted by atomic mass is 35.5. The van der Waals surface area contributed by atoms with E-state index in [0.29, 0.717) is 20.9 Å². The molecule has 0 fully saturated rings. The molecule has 1 heterocycles. The van der Waals surface area contributed by atoms with Crippen LogP contribution in [0.25, 0.3) is 16.7 Å². The van der Waals surface area contributed by atoms with Crippen LogP contribution in [0, 0.1) is 0 Å². The molecule has 0 N–H and O–H groups in total. The van der Waals surface area contributed by atoms with E-state index in [1.807, 2.05) is 35.8 Å². The maximum absolute atomic E-state index is 6.34. The summed E-state index contributed by atoms with van der Waals surface area (Å²) in [6, 6.07) is 10.9. The van der Waals surface area contributed by atoms with E-state index in [1.165, 1.54) is 0 Å². The van der Waals surface area contributed by atoms with E-state index >= 15 is 0 Å². The number of halogens is 4. The van der Waals surface area contributed by atoms with Crippen LogP contribution in [0.1, 0.15) is 18.1 Å². The van der Waals surface area contributed by atoms with Crippen molar-refractivity contribution in [1.29, 1.82) is 0 Å². The van der Waals surface area contributed by atoms with Gasteiger partial charge in [-0.2, -0.15) is 0 Å². The molecule has 1 atom stereocenters. The molecule has 0 saturated heterocycles. The molecule has 0 aliphatic rings. The van der Waals surface area contributed by atoms with Gasteiger partial charge < -0.3 is 0 Å². The molecule has 0 aliphatic heterocycles. The number of aromatic nitrogens is 2. The highest BCUT2D eigenvalue weighted by Crippen LogP contribution is 2.35. The predicted octanol–water partition coefficient (Wildman–Crippen LogP) is 6.29. The lowest BCUT2D eigenvalue weighted by Gasteiger charge is -2.13. The van der Waals surface area contributed by atoms with Gasteiger partial charge in [0, 0.05) is 5.02 Å². The summed E-state index contributed by atoms with van der Waals surface area (Å²) in [5, 5.41) is 1.27. The first-order chi connectivity index (χ1) is 9.99. The Kier molecular flexibility index (Phi) is 4.06. The second kappa shape index (κ2) is 5.69. The van der Waals surface area contributed by atoms with Crippen LogP contribution in [0.5, 0.6) is 0 Å². The molecule has 3 rings (SSSR count). The van der Waals surface area contributed by atoms with Crippen LogP contribution >= 0.6 is 46.4 Å². The van der Waals surface area contributed by atoms with Gasteiger partial charge in [-0.15, -0.1) is 11.6 Å². The van der Waals surface area contributed by atoms with Crippen molar-refractivity contribution < 1.29 is 0 Å². The minimum Gasteiger partial charge on any atom is -0.293 e. The number of imidazole rings is 1. The lowest BCUT2D eigenvalue weighted by atomic mass is 10.2. The Morgan fingerprint density at radius 3 is 2.57 bits per heavy atom. The van der Waals surface area contributed by atoms with E-state index in [1.54, 1.807) is 12.1 Å². The van der Waals surface area contributed by atoms with Crippen molar-refractivity contribution in [2.45, 2.75) is 12.3 Å². The van der Waals surface area contributed by atoms with Crippen molar-refractivity contribution in [3.05, 3.63) is 57.3 Å². The summed E-state index contributed by atoms with van der Waals surface area (Å²) < 4.78 is 1.90. The number of alkyl halides is 1. The Bertz CT molecular complexity index is 824. The Balaban J connectivity index is 2.41. The number of hydrogen-bond donors (Lipinski definition) is 0.